The number of hydrogen-bond donors (Lipinski definition) is 3. The van der Waals surface area contributed by atoms with Crippen molar-refractivity contribution in [1.82, 2.24) is 20.2 Å². The zero-order valence-electron chi connectivity index (χ0n) is 22.4. The van der Waals surface area contributed by atoms with Gasteiger partial charge in [-0.3, -0.25) is 9.78 Å². The van der Waals surface area contributed by atoms with E-state index in [9.17, 15) is 14.0 Å². The molecule has 1 atom stereocenters. The minimum atomic E-state index is -0.582. The highest BCUT2D eigenvalue weighted by Crippen LogP contribution is 2.42. The highest BCUT2D eigenvalue weighted by Gasteiger charge is 2.36. The highest BCUT2D eigenvalue weighted by atomic mass is 19.1. The smallest absolute Gasteiger partial charge is 0.410 e. The Hall–Kier alpha value is -4.28. The molecule has 3 N–H and O–H groups in total. The van der Waals surface area contributed by atoms with Gasteiger partial charge in [-0.05, 0) is 45.4 Å². The summed E-state index contributed by atoms with van der Waals surface area (Å²) in [6, 6.07) is 6.20. The first-order valence-corrected chi connectivity index (χ1v) is 12.9. The second-order valence-corrected chi connectivity index (χ2v) is 10.5. The summed E-state index contributed by atoms with van der Waals surface area (Å²) in [6.07, 6.45) is 4.25. The molecule has 2 aliphatic rings. The van der Waals surface area contributed by atoms with E-state index < -0.39 is 11.4 Å². The molecule has 11 heteroatoms. The summed E-state index contributed by atoms with van der Waals surface area (Å²) in [4.78, 5) is 34.7. The fourth-order valence-corrected chi connectivity index (χ4v) is 4.72. The number of benzene rings is 1. The van der Waals surface area contributed by atoms with Crippen molar-refractivity contribution in [3.63, 3.8) is 0 Å². The van der Waals surface area contributed by atoms with Crippen molar-refractivity contribution in [3.05, 3.63) is 53.7 Å². The van der Waals surface area contributed by atoms with Crippen LogP contribution in [0.15, 0.2) is 36.7 Å². The molecule has 4 heterocycles. The topological polar surface area (TPSA) is 118 Å². The molecule has 0 bridgehead atoms. The van der Waals surface area contributed by atoms with Crippen LogP contribution in [0.25, 0.3) is 11.3 Å². The van der Waals surface area contributed by atoms with Gasteiger partial charge in [-0.2, -0.15) is 0 Å². The fourth-order valence-electron chi connectivity index (χ4n) is 4.72. The van der Waals surface area contributed by atoms with Crippen LogP contribution >= 0.6 is 0 Å². The second-order valence-electron chi connectivity index (χ2n) is 10.5. The van der Waals surface area contributed by atoms with Crippen molar-refractivity contribution in [2.24, 2.45) is 0 Å². The molecule has 2 aromatic heterocycles. The molecule has 2 amide bonds. The van der Waals surface area contributed by atoms with E-state index in [4.69, 9.17) is 14.2 Å². The van der Waals surface area contributed by atoms with Crippen LogP contribution in [0.1, 0.15) is 43.2 Å². The van der Waals surface area contributed by atoms with Crippen molar-refractivity contribution >= 4 is 23.4 Å². The first-order valence-electron chi connectivity index (χ1n) is 12.9. The van der Waals surface area contributed by atoms with Crippen molar-refractivity contribution in [1.29, 1.82) is 0 Å². The molecular formula is C28H32FN5O5. The van der Waals surface area contributed by atoms with Gasteiger partial charge in [0.05, 0.1) is 42.0 Å². The standard InChI is InChI=1S/C28H32FN5O5/c1-28(2,3)39-27(36)34-13-10-16(34)15-38-21-14-30-11-8-17(21)23-24(22-19(32-23)9-12-31-26(22)35)33-20-7-5-6-18(29)25(20)37-4/h5-8,11,14,16,32-33H,9-10,12-13,15H2,1-4H3,(H,31,35)/t16-/m1/s1. The Kier molecular flexibility index (Phi) is 7.07. The molecule has 0 radical (unpaired) electrons. The fraction of sp³-hybridized carbons (Fsp3) is 0.393. The van der Waals surface area contributed by atoms with Crippen LogP contribution in [0.2, 0.25) is 0 Å². The summed E-state index contributed by atoms with van der Waals surface area (Å²) in [5.74, 6) is -0.258. The lowest BCUT2D eigenvalue weighted by Crippen LogP contribution is -2.55. The van der Waals surface area contributed by atoms with Crippen LogP contribution in [0.4, 0.5) is 20.6 Å². The lowest BCUT2D eigenvalue weighted by Gasteiger charge is -2.41. The van der Waals surface area contributed by atoms with Crippen molar-refractivity contribution in [3.8, 4) is 22.8 Å². The molecule has 206 valence electrons. The number of halogens is 1. The van der Waals surface area contributed by atoms with Gasteiger partial charge in [0.25, 0.3) is 5.91 Å². The molecule has 1 aromatic carbocycles. The maximum Gasteiger partial charge on any atom is 0.410 e. The summed E-state index contributed by atoms with van der Waals surface area (Å²) >= 11 is 0. The van der Waals surface area contributed by atoms with Crippen LogP contribution in [0.5, 0.6) is 11.5 Å². The van der Waals surface area contributed by atoms with Crippen LogP contribution in [-0.4, -0.2) is 65.3 Å². The van der Waals surface area contributed by atoms with Gasteiger partial charge in [0.2, 0.25) is 0 Å². The highest BCUT2D eigenvalue weighted by molar-refractivity contribution is 6.06. The van der Waals surface area contributed by atoms with E-state index in [1.807, 2.05) is 20.8 Å². The Bertz CT molecular complexity index is 1400. The van der Waals surface area contributed by atoms with E-state index in [1.54, 1.807) is 35.5 Å². The maximum absolute atomic E-state index is 14.5. The average Bonchev–Trinajstić information content (AvgIpc) is 3.22. The summed E-state index contributed by atoms with van der Waals surface area (Å²) < 4.78 is 31.4. The third-order valence-corrected chi connectivity index (χ3v) is 6.65. The average molecular weight is 538 g/mol. The van der Waals surface area contributed by atoms with Gasteiger partial charge in [0, 0.05) is 37.0 Å². The number of ether oxygens (including phenoxy) is 3. The number of likely N-dealkylation sites (tertiary alicyclic amines) is 1. The monoisotopic (exact) mass is 537 g/mol. The summed E-state index contributed by atoms with van der Waals surface area (Å²) in [7, 11) is 1.39. The quantitative estimate of drug-likeness (QED) is 0.402. The van der Waals surface area contributed by atoms with Gasteiger partial charge >= 0.3 is 6.09 Å². The second kappa shape index (κ2) is 10.5. The molecule has 5 rings (SSSR count). The Balaban J connectivity index is 1.46. The molecule has 0 unspecified atom stereocenters. The number of fused-ring (bicyclic) bond motifs is 1. The first-order chi connectivity index (χ1) is 18.7. The summed E-state index contributed by atoms with van der Waals surface area (Å²) in [5, 5.41) is 6.10. The maximum atomic E-state index is 14.5. The van der Waals surface area contributed by atoms with Crippen LogP contribution in [0.3, 0.4) is 0 Å². The molecule has 1 fully saturated rings. The van der Waals surface area contributed by atoms with E-state index in [0.29, 0.717) is 53.5 Å². The van der Waals surface area contributed by atoms with E-state index in [-0.39, 0.29) is 30.4 Å². The van der Waals surface area contributed by atoms with Crippen LogP contribution < -0.4 is 20.1 Å². The number of nitrogens with one attached hydrogen (secondary N) is 3. The normalized spacial score (nSPS) is 16.6. The molecule has 39 heavy (non-hydrogen) atoms. The number of methoxy groups -OCH3 is 1. The largest absolute Gasteiger partial charge is 0.492 e. The van der Waals surface area contributed by atoms with Crippen LogP contribution in [-0.2, 0) is 11.2 Å². The zero-order chi connectivity index (χ0) is 27.7. The number of anilines is 2. The van der Waals surface area contributed by atoms with E-state index in [2.05, 4.69) is 20.6 Å². The number of amides is 2. The number of H-pyrrole nitrogens is 1. The molecule has 0 saturated carbocycles. The van der Waals surface area contributed by atoms with Crippen molar-refractivity contribution < 1.29 is 28.2 Å². The summed E-state index contributed by atoms with van der Waals surface area (Å²) in [5.41, 5.74) is 2.72. The number of rotatable bonds is 7. The summed E-state index contributed by atoms with van der Waals surface area (Å²) in [6.45, 7) is 6.85. The molecule has 2 aliphatic heterocycles. The van der Waals surface area contributed by atoms with Gasteiger partial charge < -0.3 is 34.7 Å². The molecular weight excluding hydrogens is 505 g/mol. The Morgan fingerprint density at radius 2 is 2.10 bits per heavy atom. The zero-order valence-corrected chi connectivity index (χ0v) is 22.4. The number of aromatic nitrogens is 2. The molecule has 1 saturated heterocycles. The van der Waals surface area contributed by atoms with Gasteiger partial charge in [-0.1, -0.05) is 6.07 Å². The number of carbonyl (C=O) groups is 2. The lowest BCUT2D eigenvalue weighted by molar-refractivity contribution is -0.0141. The third kappa shape index (κ3) is 5.34. The number of nitrogens with zero attached hydrogens (tertiary/aromatic N) is 2. The number of hydrogen-bond acceptors (Lipinski definition) is 7. The number of carbonyl (C=O) groups excluding carboxylic acids is 2. The minimum absolute atomic E-state index is 0.0352. The van der Waals surface area contributed by atoms with Crippen molar-refractivity contribution in [2.45, 2.75) is 45.3 Å². The van der Waals surface area contributed by atoms with Gasteiger partial charge in [-0.25, -0.2) is 9.18 Å². The molecule has 0 spiro atoms. The third-order valence-electron chi connectivity index (χ3n) is 6.65. The Labute approximate surface area is 225 Å². The van der Waals surface area contributed by atoms with E-state index >= 15 is 0 Å². The Morgan fingerprint density at radius 1 is 1.28 bits per heavy atom. The predicted molar refractivity (Wildman–Crippen MR) is 143 cm³/mol. The molecule has 0 aliphatic carbocycles. The van der Waals surface area contributed by atoms with Gasteiger partial charge in [0.15, 0.2) is 11.6 Å². The van der Waals surface area contributed by atoms with E-state index in [1.165, 1.54) is 13.2 Å². The number of pyridine rings is 1. The SMILES string of the molecule is COc1c(F)cccc1Nc1c(-c2ccncc2OC[C@H]2CCN2C(=O)OC(C)(C)C)[nH]c2c1C(=O)NCC2. The lowest BCUT2D eigenvalue weighted by atomic mass is 10.0. The van der Waals surface area contributed by atoms with E-state index in [0.717, 1.165) is 12.1 Å². The van der Waals surface area contributed by atoms with Gasteiger partial charge in [-0.15, -0.1) is 0 Å². The predicted octanol–water partition coefficient (Wildman–Crippen LogP) is 4.64. The number of aromatic amines is 1. The molecule has 10 nitrogen and oxygen atoms in total. The van der Waals surface area contributed by atoms with Crippen LogP contribution in [0, 0.1) is 5.82 Å². The molecule has 3 aromatic rings. The van der Waals surface area contributed by atoms with Crippen molar-refractivity contribution in [2.75, 3.05) is 32.1 Å². The first kappa shape index (κ1) is 26.3. The Morgan fingerprint density at radius 3 is 2.82 bits per heavy atom. The van der Waals surface area contributed by atoms with Gasteiger partial charge in [0.1, 0.15) is 18.0 Å². The minimum Gasteiger partial charge on any atom is -0.492 e. The number of para-hydroxylation sites is 1.